The van der Waals surface area contributed by atoms with Crippen molar-refractivity contribution in [2.75, 3.05) is 17.7 Å². The van der Waals surface area contributed by atoms with E-state index in [0.29, 0.717) is 22.7 Å². The first kappa shape index (κ1) is 21.9. The maximum absolute atomic E-state index is 12.8. The minimum atomic E-state index is -0.268. The first-order valence-electron chi connectivity index (χ1n) is 9.86. The predicted molar refractivity (Wildman–Crippen MR) is 131 cm³/mol. The summed E-state index contributed by atoms with van der Waals surface area (Å²) in [4.78, 5) is 28.9. The lowest BCUT2D eigenvalue weighted by molar-refractivity contribution is -0.114. The number of anilines is 2. The van der Waals surface area contributed by atoms with Gasteiger partial charge in [0.2, 0.25) is 5.91 Å². The van der Waals surface area contributed by atoms with Crippen LogP contribution in [-0.4, -0.2) is 23.9 Å². The Morgan fingerprint density at radius 2 is 1.78 bits per heavy atom. The van der Waals surface area contributed by atoms with Crippen LogP contribution in [0.1, 0.15) is 22.8 Å². The van der Waals surface area contributed by atoms with Gasteiger partial charge >= 0.3 is 0 Å². The van der Waals surface area contributed by atoms with E-state index >= 15 is 0 Å². The SMILES string of the molecule is COc1ccc(NC(C)=O)c(NC(=O)c2ccc(CSc3nc4ccccc4s3)cc2)c1. The number of fused-ring (bicyclic) bond motifs is 1. The highest BCUT2D eigenvalue weighted by Crippen LogP contribution is 2.31. The third-order valence-electron chi connectivity index (χ3n) is 4.64. The molecule has 1 heterocycles. The van der Waals surface area contributed by atoms with Gasteiger partial charge in [-0.2, -0.15) is 0 Å². The molecule has 4 aromatic rings. The number of amides is 2. The smallest absolute Gasteiger partial charge is 0.255 e. The van der Waals surface area contributed by atoms with Crippen molar-refractivity contribution in [1.82, 2.24) is 4.98 Å². The number of hydrogen-bond acceptors (Lipinski definition) is 6. The molecule has 6 nitrogen and oxygen atoms in total. The predicted octanol–water partition coefficient (Wildman–Crippen LogP) is 5.81. The lowest BCUT2D eigenvalue weighted by atomic mass is 10.1. The first-order valence-corrected chi connectivity index (χ1v) is 11.7. The van der Waals surface area contributed by atoms with Crippen LogP contribution >= 0.6 is 23.1 Å². The van der Waals surface area contributed by atoms with Crippen molar-refractivity contribution in [3.8, 4) is 5.75 Å². The maximum Gasteiger partial charge on any atom is 0.255 e. The second-order valence-electron chi connectivity index (χ2n) is 6.98. The summed E-state index contributed by atoms with van der Waals surface area (Å²) in [6.07, 6.45) is 0. The Labute approximate surface area is 194 Å². The van der Waals surface area contributed by atoms with Gasteiger partial charge in [-0.3, -0.25) is 9.59 Å². The summed E-state index contributed by atoms with van der Waals surface area (Å²) in [5.41, 5.74) is 3.63. The number of thioether (sulfide) groups is 1. The molecular weight excluding hydrogens is 442 g/mol. The van der Waals surface area contributed by atoms with Crippen LogP contribution in [0.15, 0.2) is 71.1 Å². The molecule has 0 fully saturated rings. The number of aromatic nitrogens is 1. The van der Waals surface area contributed by atoms with Crippen molar-refractivity contribution in [3.63, 3.8) is 0 Å². The number of methoxy groups -OCH3 is 1. The Morgan fingerprint density at radius 1 is 1.00 bits per heavy atom. The van der Waals surface area contributed by atoms with Crippen LogP contribution in [0.5, 0.6) is 5.75 Å². The zero-order valence-corrected chi connectivity index (χ0v) is 19.2. The van der Waals surface area contributed by atoms with Crippen molar-refractivity contribution in [3.05, 3.63) is 77.9 Å². The molecule has 0 aliphatic heterocycles. The molecule has 0 bridgehead atoms. The number of thiazole rings is 1. The topological polar surface area (TPSA) is 80.3 Å². The Balaban J connectivity index is 1.42. The van der Waals surface area contributed by atoms with Gasteiger partial charge in [0.05, 0.1) is 28.7 Å². The molecule has 0 spiro atoms. The van der Waals surface area contributed by atoms with Crippen molar-refractivity contribution in [1.29, 1.82) is 0 Å². The Kier molecular flexibility index (Phi) is 6.72. The molecule has 2 amide bonds. The average molecular weight is 464 g/mol. The van der Waals surface area contributed by atoms with Gasteiger partial charge in [0, 0.05) is 24.3 Å². The average Bonchev–Trinajstić information content (AvgIpc) is 3.22. The van der Waals surface area contributed by atoms with Gasteiger partial charge in [0.15, 0.2) is 4.34 Å². The van der Waals surface area contributed by atoms with Gasteiger partial charge in [-0.25, -0.2) is 4.98 Å². The van der Waals surface area contributed by atoms with Crippen molar-refractivity contribution in [2.24, 2.45) is 0 Å². The molecule has 0 aliphatic rings. The Hall–Kier alpha value is -3.36. The number of ether oxygens (including phenoxy) is 1. The summed E-state index contributed by atoms with van der Waals surface area (Å²) < 4.78 is 7.43. The van der Waals surface area contributed by atoms with E-state index in [-0.39, 0.29) is 11.8 Å². The van der Waals surface area contributed by atoms with Gasteiger partial charge in [-0.15, -0.1) is 11.3 Å². The molecule has 2 N–H and O–H groups in total. The fourth-order valence-electron chi connectivity index (χ4n) is 3.06. The second-order valence-corrected chi connectivity index (χ2v) is 9.23. The molecule has 0 saturated heterocycles. The van der Waals surface area contributed by atoms with E-state index in [1.54, 1.807) is 60.5 Å². The Morgan fingerprint density at radius 3 is 2.50 bits per heavy atom. The summed E-state index contributed by atoms with van der Waals surface area (Å²) >= 11 is 3.36. The summed E-state index contributed by atoms with van der Waals surface area (Å²) in [5.74, 6) is 0.858. The number of nitrogens with zero attached hydrogens (tertiary/aromatic N) is 1. The monoisotopic (exact) mass is 463 g/mol. The molecule has 162 valence electrons. The standard InChI is InChI=1S/C24H21N3O3S2/c1-15(28)25-19-12-11-18(30-2)13-21(19)26-23(29)17-9-7-16(8-10-17)14-31-24-27-20-5-3-4-6-22(20)32-24/h3-13H,14H2,1-2H3,(H,25,28)(H,26,29). The fraction of sp³-hybridized carbons (Fsp3) is 0.125. The van der Waals surface area contributed by atoms with E-state index in [1.807, 2.05) is 30.3 Å². The van der Waals surface area contributed by atoms with Crippen LogP contribution in [0, 0.1) is 0 Å². The van der Waals surface area contributed by atoms with E-state index in [9.17, 15) is 9.59 Å². The summed E-state index contributed by atoms with van der Waals surface area (Å²) in [6.45, 7) is 1.42. The Bertz CT molecular complexity index is 1240. The van der Waals surface area contributed by atoms with Crippen LogP contribution in [0.3, 0.4) is 0 Å². The maximum atomic E-state index is 12.8. The molecule has 32 heavy (non-hydrogen) atoms. The highest BCUT2D eigenvalue weighted by atomic mass is 32.2. The number of nitrogens with one attached hydrogen (secondary N) is 2. The van der Waals surface area contributed by atoms with Crippen molar-refractivity contribution in [2.45, 2.75) is 17.0 Å². The third kappa shape index (κ3) is 5.27. The number of rotatable bonds is 7. The van der Waals surface area contributed by atoms with Crippen LogP contribution in [0.2, 0.25) is 0 Å². The van der Waals surface area contributed by atoms with E-state index in [0.717, 1.165) is 21.2 Å². The normalized spacial score (nSPS) is 10.7. The van der Waals surface area contributed by atoms with Gasteiger partial charge in [0.25, 0.3) is 5.91 Å². The van der Waals surface area contributed by atoms with Crippen LogP contribution in [-0.2, 0) is 10.5 Å². The first-order chi connectivity index (χ1) is 15.5. The highest BCUT2D eigenvalue weighted by molar-refractivity contribution is 8.00. The largest absolute Gasteiger partial charge is 0.497 e. The van der Waals surface area contributed by atoms with Crippen molar-refractivity contribution >= 4 is 56.5 Å². The third-order valence-corrected chi connectivity index (χ3v) is 6.89. The van der Waals surface area contributed by atoms with Gasteiger partial charge in [-0.05, 0) is 42.0 Å². The number of carbonyl (C=O) groups excluding carboxylic acids is 2. The van der Waals surface area contributed by atoms with E-state index < -0.39 is 0 Å². The molecule has 4 rings (SSSR count). The highest BCUT2D eigenvalue weighted by Gasteiger charge is 2.12. The summed E-state index contributed by atoms with van der Waals surface area (Å²) in [5, 5.41) is 5.57. The lowest BCUT2D eigenvalue weighted by Gasteiger charge is -2.13. The number of benzene rings is 3. The van der Waals surface area contributed by atoms with Gasteiger partial charge in [-0.1, -0.05) is 36.0 Å². The summed E-state index contributed by atoms with van der Waals surface area (Å²) in [7, 11) is 1.55. The molecule has 0 saturated carbocycles. The lowest BCUT2D eigenvalue weighted by Crippen LogP contribution is -2.15. The molecule has 3 aromatic carbocycles. The van der Waals surface area contributed by atoms with E-state index in [4.69, 9.17) is 4.74 Å². The zero-order valence-electron chi connectivity index (χ0n) is 17.5. The van der Waals surface area contributed by atoms with Crippen molar-refractivity contribution < 1.29 is 14.3 Å². The molecule has 8 heteroatoms. The molecule has 0 unspecified atom stereocenters. The van der Waals surface area contributed by atoms with Gasteiger partial charge < -0.3 is 15.4 Å². The molecular formula is C24H21N3O3S2. The molecule has 0 atom stereocenters. The fourth-order valence-corrected chi connectivity index (χ4v) is 5.08. The number of para-hydroxylation sites is 1. The van der Waals surface area contributed by atoms with Crippen LogP contribution in [0.25, 0.3) is 10.2 Å². The minimum absolute atomic E-state index is 0.222. The van der Waals surface area contributed by atoms with E-state index in [2.05, 4.69) is 21.7 Å². The van der Waals surface area contributed by atoms with Gasteiger partial charge in [0.1, 0.15) is 5.75 Å². The molecule has 1 aromatic heterocycles. The van der Waals surface area contributed by atoms with Crippen LogP contribution < -0.4 is 15.4 Å². The molecule has 0 radical (unpaired) electrons. The molecule has 0 aliphatic carbocycles. The minimum Gasteiger partial charge on any atom is -0.497 e. The number of carbonyl (C=O) groups is 2. The van der Waals surface area contributed by atoms with E-state index in [1.165, 1.54) is 11.6 Å². The summed E-state index contributed by atoms with van der Waals surface area (Å²) in [6, 6.07) is 20.7. The van der Waals surface area contributed by atoms with Crippen LogP contribution in [0.4, 0.5) is 11.4 Å². The quantitative estimate of drug-likeness (QED) is 0.338. The zero-order chi connectivity index (χ0) is 22.5. The second kappa shape index (κ2) is 9.84. The number of hydrogen-bond donors (Lipinski definition) is 2.